The summed E-state index contributed by atoms with van der Waals surface area (Å²) in [5.74, 6) is -0.473. The van der Waals surface area contributed by atoms with Crippen LogP contribution in [0.25, 0.3) is 11.2 Å². The van der Waals surface area contributed by atoms with Gasteiger partial charge in [0.2, 0.25) is 5.95 Å². The van der Waals surface area contributed by atoms with E-state index in [2.05, 4.69) is 4.98 Å². The minimum absolute atomic E-state index is 0.189. The molecule has 0 bridgehead atoms. The van der Waals surface area contributed by atoms with Gasteiger partial charge in [-0.1, -0.05) is 12.1 Å². The predicted octanol–water partition coefficient (Wildman–Crippen LogP) is 1.72. The first-order chi connectivity index (χ1) is 17.2. The summed E-state index contributed by atoms with van der Waals surface area (Å²) >= 11 is 0. The first-order valence-corrected chi connectivity index (χ1v) is 11.4. The lowest BCUT2D eigenvalue weighted by molar-refractivity contribution is 0.0746. The molecule has 1 aliphatic heterocycles. The van der Waals surface area contributed by atoms with E-state index in [1.165, 1.54) is 48.0 Å². The van der Waals surface area contributed by atoms with Crippen LogP contribution in [0.15, 0.2) is 58.1 Å². The van der Waals surface area contributed by atoms with Gasteiger partial charge in [-0.05, 0) is 42.0 Å². The van der Waals surface area contributed by atoms with Crippen LogP contribution in [0.1, 0.15) is 15.9 Å². The van der Waals surface area contributed by atoms with Crippen LogP contribution in [-0.4, -0.2) is 55.7 Å². The van der Waals surface area contributed by atoms with E-state index in [4.69, 9.17) is 0 Å². The Kier molecular flexibility index (Phi) is 5.91. The topological polar surface area (TPSA) is 85.4 Å². The minimum atomic E-state index is -0.486. The summed E-state index contributed by atoms with van der Waals surface area (Å²) in [6, 6.07) is 11.4. The lowest BCUT2D eigenvalue weighted by Gasteiger charge is -2.35. The van der Waals surface area contributed by atoms with E-state index in [1.54, 1.807) is 28.6 Å². The van der Waals surface area contributed by atoms with Crippen molar-refractivity contribution >= 4 is 23.0 Å². The number of amides is 1. The third-order valence-corrected chi connectivity index (χ3v) is 6.52. The van der Waals surface area contributed by atoms with Crippen LogP contribution in [0, 0.1) is 11.6 Å². The molecule has 0 N–H and O–H groups in total. The zero-order chi connectivity index (χ0) is 25.6. The average molecular weight is 495 g/mol. The fourth-order valence-electron chi connectivity index (χ4n) is 4.48. The summed E-state index contributed by atoms with van der Waals surface area (Å²) < 4.78 is 30.8. The van der Waals surface area contributed by atoms with Gasteiger partial charge in [-0.2, -0.15) is 4.98 Å². The normalized spacial score (nSPS) is 14.0. The molecule has 1 fully saturated rings. The molecule has 4 aromatic rings. The molecule has 1 aliphatic rings. The third-order valence-electron chi connectivity index (χ3n) is 6.52. The molecule has 2 aromatic heterocycles. The summed E-state index contributed by atoms with van der Waals surface area (Å²) in [5.41, 5.74) is 0.734. The van der Waals surface area contributed by atoms with Crippen molar-refractivity contribution in [2.24, 2.45) is 14.1 Å². The van der Waals surface area contributed by atoms with E-state index >= 15 is 0 Å². The number of piperazine rings is 1. The Bertz CT molecular complexity index is 1560. The van der Waals surface area contributed by atoms with E-state index in [0.29, 0.717) is 37.7 Å². The van der Waals surface area contributed by atoms with Crippen molar-refractivity contribution in [1.82, 2.24) is 23.6 Å². The Morgan fingerprint density at radius 1 is 0.861 bits per heavy atom. The smallest absolute Gasteiger partial charge is 0.332 e. The molecule has 9 nitrogen and oxygen atoms in total. The maximum Gasteiger partial charge on any atom is 0.332 e. The number of hydrogen-bond donors (Lipinski definition) is 0. The van der Waals surface area contributed by atoms with Gasteiger partial charge in [-0.3, -0.25) is 23.3 Å². The number of benzene rings is 2. The lowest BCUT2D eigenvalue weighted by Crippen LogP contribution is -2.49. The molecule has 0 unspecified atom stereocenters. The first kappa shape index (κ1) is 23.5. The fraction of sp³-hybridized carbons (Fsp3) is 0.280. The number of carbonyl (C=O) groups excluding carboxylic acids is 1. The number of hydrogen-bond acceptors (Lipinski definition) is 5. The highest BCUT2D eigenvalue weighted by molar-refractivity contribution is 5.94. The summed E-state index contributed by atoms with van der Waals surface area (Å²) in [6.07, 6.45) is 0. The van der Waals surface area contributed by atoms with E-state index in [0.717, 1.165) is 10.1 Å². The van der Waals surface area contributed by atoms with Gasteiger partial charge in [0.15, 0.2) is 11.2 Å². The maximum atomic E-state index is 13.5. The molecule has 36 heavy (non-hydrogen) atoms. The van der Waals surface area contributed by atoms with E-state index in [-0.39, 0.29) is 29.4 Å². The van der Waals surface area contributed by atoms with Crippen LogP contribution >= 0.6 is 0 Å². The van der Waals surface area contributed by atoms with Gasteiger partial charge in [0.1, 0.15) is 11.6 Å². The second kappa shape index (κ2) is 9.06. The number of aryl methyl sites for hydroxylation is 1. The number of carbonyl (C=O) groups is 1. The molecule has 186 valence electrons. The lowest BCUT2D eigenvalue weighted by atomic mass is 10.2. The Labute approximate surface area is 204 Å². The van der Waals surface area contributed by atoms with Crippen molar-refractivity contribution in [3.05, 3.63) is 92.1 Å². The first-order valence-electron chi connectivity index (χ1n) is 11.4. The monoisotopic (exact) mass is 494 g/mol. The van der Waals surface area contributed by atoms with Crippen molar-refractivity contribution in [2.45, 2.75) is 6.54 Å². The van der Waals surface area contributed by atoms with E-state index < -0.39 is 17.1 Å². The number of imidazole rings is 1. The predicted molar refractivity (Wildman–Crippen MR) is 130 cm³/mol. The Hall–Kier alpha value is -4.28. The molecule has 0 spiro atoms. The molecule has 5 rings (SSSR count). The van der Waals surface area contributed by atoms with Crippen LogP contribution in [0.4, 0.5) is 14.7 Å². The van der Waals surface area contributed by atoms with E-state index in [9.17, 15) is 23.2 Å². The summed E-state index contributed by atoms with van der Waals surface area (Å²) in [5, 5.41) is 0. The molecule has 11 heteroatoms. The van der Waals surface area contributed by atoms with Gasteiger partial charge in [0, 0.05) is 45.8 Å². The van der Waals surface area contributed by atoms with Crippen LogP contribution in [0.3, 0.4) is 0 Å². The highest BCUT2D eigenvalue weighted by Crippen LogP contribution is 2.23. The molecule has 1 amide bonds. The number of aromatic nitrogens is 4. The molecule has 1 saturated heterocycles. The second-order valence-corrected chi connectivity index (χ2v) is 8.79. The second-order valence-electron chi connectivity index (χ2n) is 8.79. The minimum Gasteiger partial charge on any atom is -0.339 e. The summed E-state index contributed by atoms with van der Waals surface area (Å²) in [4.78, 5) is 46.8. The number of rotatable bonds is 4. The van der Waals surface area contributed by atoms with Crippen molar-refractivity contribution in [3.8, 4) is 0 Å². The molecule has 2 aromatic carbocycles. The average Bonchev–Trinajstić information content (AvgIpc) is 3.27. The number of anilines is 1. The molecule has 3 heterocycles. The van der Waals surface area contributed by atoms with Gasteiger partial charge in [0.25, 0.3) is 11.5 Å². The summed E-state index contributed by atoms with van der Waals surface area (Å²) in [7, 11) is 2.97. The number of fused-ring (bicyclic) bond motifs is 1. The molecular weight excluding hydrogens is 470 g/mol. The largest absolute Gasteiger partial charge is 0.339 e. The number of nitrogens with zero attached hydrogens (tertiary/aromatic N) is 6. The van der Waals surface area contributed by atoms with Gasteiger partial charge >= 0.3 is 5.69 Å². The zero-order valence-corrected chi connectivity index (χ0v) is 19.8. The quantitative estimate of drug-likeness (QED) is 0.432. The Morgan fingerprint density at radius 3 is 2.06 bits per heavy atom. The van der Waals surface area contributed by atoms with E-state index in [1.807, 2.05) is 4.90 Å². The number of halogens is 2. The van der Waals surface area contributed by atoms with Gasteiger partial charge in [-0.25, -0.2) is 13.6 Å². The zero-order valence-electron chi connectivity index (χ0n) is 19.8. The van der Waals surface area contributed by atoms with Crippen molar-refractivity contribution in [2.75, 3.05) is 31.1 Å². The molecular formula is C25H24F2N6O3. The standard InChI is InChI=1S/C25H24F2N6O3/c1-29-21-20(23(35)30(2)25(29)36)33(15-16-3-7-18(26)8-4-16)24(28-21)32-13-11-31(12-14-32)22(34)17-5-9-19(27)10-6-17/h3-10H,11-15H2,1-2H3. The van der Waals surface area contributed by atoms with Gasteiger partial charge in [-0.15, -0.1) is 0 Å². The van der Waals surface area contributed by atoms with Crippen LogP contribution < -0.4 is 16.1 Å². The third kappa shape index (κ3) is 4.06. The van der Waals surface area contributed by atoms with Crippen LogP contribution in [0.2, 0.25) is 0 Å². The van der Waals surface area contributed by atoms with Crippen molar-refractivity contribution in [1.29, 1.82) is 0 Å². The highest BCUT2D eigenvalue weighted by atomic mass is 19.1. The van der Waals surface area contributed by atoms with Crippen LogP contribution in [-0.2, 0) is 20.6 Å². The van der Waals surface area contributed by atoms with Crippen molar-refractivity contribution < 1.29 is 13.6 Å². The molecule has 0 radical (unpaired) electrons. The fourth-order valence-corrected chi connectivity index (χ4v) is 4.48. The molecule has 0 atom stereocenters. The van der Waals surface area contributed by atoms with Gasteiger partial charge in [0.05, 0.1) is 6.54 Å². The van der Waals surface area contributed by atoms with Gasteiger partial charge < -0.3 is 9.80 Å². The Morgan fingerprint density at radius 2 is 1.44 bits per heavy atom. The highest BCUT2D eigenvalue weighted by Gasteiger charge is 2.27. The summed E-state index contributed by atoms with van der Waals surface area (Å²) in [6.45, 7) is 1.91. The molecule has 0 saturated carbocycles. The van der Waals surface area contributed by atoms with Crippen molar-refractivity contribution in [3.63, 3.8) is 0 Å². The molecule has 0 aliphatic carbocycles. The maximum absolute atomic E-state index is 13.5. The SMILES string of the molecule is Cn1c(=O)c2c(nc(N3CCN(C(=O)c4ccc(F)cc4)CC3)n2Cc2ccc(F)cc2)n(C)c1=O. The van der Waals surface area contributed by atoms with Crippen LogP contribution in [0.5, 0.6) is 0 Å². The Balaban J connectivity index is 1.50.